The normalized spacial score (nSPS) is 10.6. The summed E-state index contributed by atoms with van der Waals surface area (Å²) in [6.45, 7) is 3.91. The first-order chi connectivity index (χ1) is 8.00. The van der Waals surface area contributed by atoms with E-state index in [1.807, 2.05) is 13.8 Å². The third-order valence-electron chi connectivity index (χ3n) is 2.69. The van der Waals surface area contributed by atoms with Gasteiger partial charge in [0.25, 0.3) is 0 Å². The van der Waals surface area contributed by atoms with E-state index in [1.54, 1.807) is 18.2 Å². The second kappa shape index (κ2) is 4.67. The minimum absolute atomic E-state index is 0.140. The first kappa shape index (κ1) is 12.4. The topological polar surface area (TPSA) is 30.2 Å². The van der Waals surface area contributed by atoms with Crippen molar-refractivity contribution in [2.45, 2.75) is 13.8 Å². The molecule has 2 rings (SSSR count). The van der Waals surface area contributed by atoms with Crippen LogP contribution in [-0.2, 0) is 0 Å². The average Bonchev–Trinajstić information content (AvgIpc) is 2.69. The third kappa shape index (κ3) is 2.31. The second-order valence-corrected chi connectivity index (χ2v) is 4.98. The minimum Gasteiger partial charge on any atom is -0.457 e. The smallest absolute Gasteiger partial charge is 0.198 e. The van der Waals surface area contributed by atoms with E-state index in [0.717, 1.165) is 11.1 Å². The molecule has 0 aliphatic carbocycles. The molecule has 0 spiro atoms. The molecule has 0 amide bonds. The molecule has 4 heteroatoms. The van der Waals surface area contributed by atoms with Gasteiger partial charge in [-0.1, -0.05) is 11.6 Å². The lowest BCUT2D eigenvalue weighted by Gasteiger charge is -2.06. The lowest BCUT2D eigenvalue weighted by molar-refractivity contribution is 0.103. The maximum absolute atomic E-state index is 12.2. The molecule has 0 bridgehead atoms. The average molecular weight is 314 g/mol. The zero-order valence-corrected chi connectivity index (χ0v) is 11.7. The summed E-state index contributed by atoms with van der Waals surface area (Å²) in [5.74, 6) is -0.140. The fraction of sp³-hybridized carbons (Fsp3) is 0.154. The highest BCUT2D eigenvalue weighted by Crippen LogP contribution is 2.27. The van der Waals surface area contributed by atoms with E-state index in [-0.39, 0.29) is 5.78 Å². The SMILES string of the molecule is Cc1cc(Cl)c(C(=O)c2ccoc2Br)cc1C. The molecule has 0 aliphatic heterocycles. The molecule has 2 aromatic rings. The Morgan fingerprint density at radius 1 is 1.24 bits per heavy atom. The monoisotopic (exact) mass is 312 g/mol. The summed E-state index contributed by atoms with van der Waals surface area (Å²) in [5, 5.41) is 0.464. The number of carbonyl (C=O) groups is 1. The first-order valence-corrected chi connectivity index (χ1v) is 6.22. The van der Waals surface area contributed by atoms with Crippen molar-refractivity contribution in [1.82, 2.24) is 0 Å². The molecule has 0 aliphatic rings. The Morgan fingerprint density at radius 2 is 1.88 bits per heavy atom. The van der Waals surface area contributed by atoms with Crippen LogP contribution in [0.3, 0.4) is 0 Å². The molecule has 0 radical (unpaired) electrons. The van der Waals surface area contributed by atoms with Gasteiger partial charge in [-0.05, 0) is 59.1 Å². The molecule has 1 heterocycles. The molecule has 0 atom stereocenters. The van der Waals surface area contributed by atoms with Crippen molar-refractivity contribution >= 4 is 33.3 Å². The quantitative estimate of drug-likeness (QED) is 0.762. The lowest BCUT2D eigenvalue weighted by Crippen LogP contribution is -2.02. The largest absolute Gasteiger partial charge is 0.457 e. The summed E-state index contributed by atoms with van der Waals surface area (Å²) in [6, 6.07) is 5.23. The lowest BCUT2D eigenvalue weighted by atomic mass is 10.0. The van der Waals surface area contributed by atoms with E-state index in [0.29, 0.717) is 20.8 Å². The number of carbonyl (C=O) groups excluding carboxylic acids is 1. The Morgan fingerprint density at radius 3 is 2.47 bits per heavy atom. The highest BCUT2D eigenvalue weighted by molar-refractivity contribution is 9.10. The number of ketones is 1. The number of rotatable bonds is 2. The molecule has 0 N–H and O–H groups in total. The number of hydrogen-bond acceptors (Lipinski definition) is 2. The number of furan rings is 1. The van der Waals surface area contributed by atoms with Crippen LogP contribution in [0.4, 0.5) is 0 Å². The Bertz CT molecular complexity index is 587. The van der Waals surface area contributed by atoms with Crippen molar-refractivity contribution in [2.75, 3.05) is 0 Å². The van der Waals surface area contributed by atoms with Crippen LogP contribution in [0, 0.1) is 13.8 Å². The summed E-state index contributed by atoms with van der Waals surface area (Å²) in [4.78, 5) is 12.2. The van der Waals surface area contributed by atoms with Gasteiger partial charge in [0.15, 0.2) is 10.5 Å². The summed E-state index contributed by atoms with van der Waals surface area (Å²) >= 11 is 9.29. The molecule has 0 saturated heterocycles. The zero-order chi connectivity index (χ0) is 12.6. The van der Waals surface area contributed by atoms with E-state index >= 15 is 0 Å². The molecular weight excluding hydrogens is 303 g/mol. The number of hydrogen-bond donors (Lipinski definition) is 0. The van der Waals surface area contributed by atoms with E-state index in [4.69, 9.17) is 16.0 Å². The fourth-order valence-corrected chi connectivity index (χ4v) is 2.28. The number of halogens is 2. The Hall–Kier alpha value is -1.06. The number of aryl methyl sites for hydroxylation is 2. The van der Waals surface area contributed by atoms with Gasteiger partial charge in [0.1, 0.15) is 0 Å². The van der Waals surface area contributed by atoms with Crippen LogP contribution in [-0.4, -0.2) is 5.78 Å². The van der Waals surface area contributed by atoms with Crippen molar-refractivity contribution in [3.8, 4) is 0 Å². The van der Waals surface area contributed by atoms with Gasteiger partial charge in [-0.25, -0.2) is 0 Å². The zero-order valence-electron chi connectivity index (χ0n) is 9.38. The van der Waals surface area contributed by atoms with Gasteiger partial charge in [0.05, 0.1) is 16.8 Å². The maximum atomic E-state index is 12.2. The standard InChI is InChI=1S/C13H10BrClO2/c1-7-5-10(11(15)6-8(7)2)12(16)9-3-4-17-13(9)14/h3-6H,1-2H3. The van der Waals surface area contributed by atoms with Crippen LogP contribution in [0.1, 0.15) is 27.0 Å². The van der Waals surface area contributed by atoms with E-state index < -0.39 is 0 Å². The highest BCUT2D eigenvalue weighted by Gasteiger charge is 2.18. The van der Waals surface area contributed by atoms with Crippen molar-refractivity contribution in [3.63, 3.8) is 0 Å². The maximum Gasteiger partial charge on any atom is 0.198 e. The molecule has 1 aromatic carbocycles. The van der Waals surface area contributed by atoms with Gasteiger partial charge in [0.2, 0.25) is 0 Å². The van der Waals surface area contributed by atoms with Gasteiger partial charge in [-0.15, -0.1) is 0 Å². The van der Waals surface area contributed by atoms with Crippen LogP contribution in [0.15, 0.2) is 33.5 Å². The summed E-state index contributed by atoms with van der Waals surface area (Å²) in [7, 11) is 0. The third-order valence-corrected chi connectivity index (χ3v) is 3.62. The Labute approximate surface area is 113 Å². The van der Waals surface area contributed by atoms with Gasteiger partial charge < -0.3 is 4.42 Å². The summed E-state index contributed by atoms with van der Waals surface area (Å²) < 4.78 is 5.48. The van der Waals surface area contributed by atoms with Crippen LogP contribution in [0.2, 0.25) is 5.02 Å². The van der Waals surface area contributed by atoms with E-state index in [9.17, 15) is 4.79 Å². The van der Waals surface area contributed by atoms with Gasteiger partial charge in [-0.2, -0.15) is 0 Å². The first-order valence-electron chi connectivity index (χ1n) is 5.05. The second-order valence-electron chi connectivity index (χ2n) is 3.85. The molecule has 2 nitrogen and oxygen atoms in total. The van der Waals surface area contributed by atoms with E-state index in [2.05, 4.69) is 15.9 Å². The highest BCUT2D eigenvalue weighted by atomic mass is 79.9. The van der Waals surface area contributed by atoms with E-state index in [1.165, 1.54) is 6.26 Å². The Kier molecular flexibility index (Phi) is 3.40. The number of benzene rings is 1. The van der Waals surface area contributed by atoms with Crippen LogP contribution in [0.25, 0.3) is 0 Å². The molecule has 0 unspecified atom stereocenters. The molecule has 0 fully saturated rings. The predicted octanol–water partition coefficient (Wildman–Crippen LogP) is 4.54. The molecule has 17 heavy (non-hydrogen) atoms. The van der Waals surface area contributed by atoms with Crippen molar-refractivity contribution in [2.24, 2.45) is 0 Å². The minimum atomic E-state index is -0.140. The molecule has 0 saturated carbocycles. The van der Waals surface area contributed by atoms with Gasteiger partial charge in [0, 0.05) is 5.56 Å². The predicted molar refractivity (Wildman–Crippen MR) is 70.8 cm³/mol. The van der Waals surface area contributed by atoms with Crippen LogP contribution in [0.5, 0.6) is 0 Å². The van der Waals surface area contributed by atoms with Gasteiger partial charge in [-0.3, -0.25) is 4.79 Å². The van der Waals surface area contributed by atoms with Crippen molar-refractivity contribution < 1.29 is 9.21 Å². The summed E-state index contributed by atoms with van der Waals surface area (Å²) in [5.41, 5.74) is 3.09. The summed E-state index contributed by atoms with van der Waals surface area (Å²) in [6.07, 6.45) is 1.46. The Balaban J connectivity index is 2.52. The molecule has 88 valence electrons. The fourth-order valence-electron chi connectivity index (χ4n) is 1.56. The van der Waals surface area contributed by atoms with Crippen molar-refractivity contribution in [1.29, 1.82) is 0 Å². The molecular formula is C13H10BrClO2. The van der Waals surface area contributed by atoms with Gasteiger partial charge >= 0.3 is 0 Å². The molecule has 1 aromatic heterocycles. The van der Waals surface area contributed by atoms with Crippen molar-refractivity contribution in [3.05, 3.63) is 56.4 Å². The van der Waals surface area contributed by atoms with Crippen LogP contribution < -0.4 is 0 Å². The van der Waals surface area contributed by atoms with Crippen LogP contribution >= 0.6 is 27.5 Å².